The zero-order chi connectivity index (χ0) is 12.6. The van der Waals surface area contributed by atoms with Crippen LogP contribution >= 0.6 is 0 Å². The van der Waals surface area contributed by atoms with Crippen LogP contribution in [0.1, 0.15) is 34.6 Å². The summed E-state index contributed by atoms with van der Waals surface area (Å²) in [7, 11) is 0. The largest absolute Gasteiger partial charge is 0.375 e. The third-order valence-electron chi connectivity index (χ3n) is 2.21. The van der Waals surface area contributed by atoms with Crippen molar-refractivity contribution in [3.8, 4) is 0 Å². The zero-order valence-electron chi connectivity index (χ0n) is 11.3. The molecule has 0 saturated heterocycles. The number of hydrogen-bond acceptors (Lipinski definition) is 3. The number of rotatable bonds is 7. The van der Waals surface area contributed by atoms with Gasteiger partial charge in [-0.25, -0.2) is 0 Å². The quantitative estimate of drug-likeness (QED) is 0.669. The minimum Gasteiger partial charge on any atom is -0.375 e. The highest BCUT2D eigenvalue weighted by molar-refractivity contribution is 5.78. The summed E-state index contributed by atoms with van der Waals surface area (Å²) in [6.07, 6.45) is 0. The summed E-state index contributed by atoms with van der Waals surface area (Å²) in [4.78, 5) is 13.4. The van der Waals surface area contributed by atoms with Crippen LogP contribution in [0, 0.1) is 0 Å². The molecule has 0 fully saturated rings. The van der Waals surface area contributed by atoms with Crippen LogP contribution in [0.5, 0.6) is 0 Å². The van der Waals surface area contributed by atoms with Gasteiger partial charge in [-0.05, 0) is 34.6 Å². The van der Waals surface area contributed by atoms with Gasteiger partial charge in [-0.3, -0.25) is 4.79 Å². The van der Waals surface area contributed by atoms with Crippen LogP contribution in [-0.4, -0.2) is 49.2 Å². The number of carbonyl (C=O) groups excluding carboxylic acids is 1. The third kappa shape index (κ3) is 7.65. The Kier molecular flexibility index (Phi) is 7.34. The van der Waals surface area contributed by atoms with Gasteiger partial charge in [0.1, 0.15) is 0 Å². The average molecular weight is 230 g/mol. The Morgan fingerprint density at radius 3 is 2.25 bits per heavy atom. The number of nitrogens with zero attached hydrogens (tertiary/aromatic N) is 1. The SMILES string of the molecule is CCN(CC)C(=O)CNCCOC(C)(C)C. The molecule has 0 aromatic heterocycles. The van der Waals surface area contributed by atoms with E-state index in [2.05, 4.69) is 5.32 Å². The maximum absolute atomic E-state index is 11.6. The van der Waals surface area contributed by atoms with Gasteiger partial charge in [0.25, 0.3) is 0 Å². The fourth-order valence-corrected chi connectivity index (χ4v) is 1.31. The molecule has 0 aromatic carbocycles. The predicted octanol–water partition coefficient (Wildman–Crippen LogP) is 1.26. The fourth-order valence-electron chi connectivity index (χ4n) is 1.31. The molecule has 0 saturated carbocycles. The second-order valence-electron chi connectivity index (χ2n) is 4.70. The van der Waals surface area contributed by atoms with E-state index >= 15 is 0 Å². The van der Waals surface area contributed by atoms with E-state index in [4.69, 9.17) is 4.74 Å². The molecular weight excluding hydrogens is 204 g/mol. The van der Waals surface area contributed by atoms with Crippen molar-refractivity contribution in [2.75, 3.05) is 32.8 Å². The van der Waals surface area contributed by atoms with Crippen molar-refractivity contribution in [1.82, 2.24) is 10.2 Å². The van der Waals surface area contributed by atoms with Crippen LogP contribution in [0.2, 0.25) is 0 Å². The smallest absolute Gasteiger partial charge is 0.236 e. The lowest BCUT2D eigenvalue weighted by Gasteiger charge is -2.21. The van der Waals surface area contributed by atoms with E-state index in [0.717, 1.165) is 13.1 Å². The van der Waals surface area contributed by atoms with Crippen molar-refractivity contribution in [2.24, 2.45) is 0 Å². The van der Waals surface area contributed by atoms with E-state index in [-0.39, 0.29) is 11.5 Å². The van der Waals surface area contributed by atoms with Gasteiger partial charge in [0.05, 0.1) is 18.8 Å². The lowest BCUT2D eigenvalue weighted by molar-refractivity contribution is -0.129. The van der Waals surface area contributed by atoms with Crippen molar-refractivity contribution >= 4 is 5.91 Å². The number of ether oxygens (including phenoxy) is 1. The van der Waals surface area contributed by atoms with Crippen LogP contribution in [0.3, 0.4) is 0 Å². The molecule has 0 atom stereocenters. The standard InChI is InChI=1S/C12H26N2O2/c1-6-14(7-2)11(15)10-13-8-9-16-12(3,4)5/h13H,6-10H2,1-5H3. The first kappa shape index (κ1) is 15.4. The molecule has 96 valence electrons. The maximum atomic E-state index is 11.6. The highest BCUT2D eigenvalue weighted by Gasteiger charge is 2.10. The number of carbonyl (C=O) groups is 1. The number of amides is 1. The second-order valence-corrected chi connectivity index (χ2v) is 4.70. The first-order chi connectivity index (χ1) is 7.40. The molecular formula is C12H26N2O2. The van der Waals surface area contributed by atoms with Crippen molar-refractivity contribution in [3.05, 3.63) is 0 Å². The molecule has 0 radical (unpaired) electrons. The van der Waals surface area contributed by atoms with Crippen molar-refractivity contribution < 1.29 is 9.53 Å². The predicted molar refractivity (Wildman–Crippen MR) is 66.5 cm³/mol. The van der Waals surface area contributed by atoms with E-state index in [1.165, 1.54) is 0 Å². The highest BCUT2D eigenvalue weighted by Crippen LogP contribution is 2.04. The van der Waals surface area contributed by atoms with Crippen molar-refractivity contribution in [3.63, 3.8) is 0 Å². The van der Waals surface area contributed by atoms with Crippen LogP contribution in [-0.2, 0) is 9.53 Å². The maximum Gasteiger partial charge on any atom is 0.236 e. The summed E-state index contributed by atoms with van der Waals surface area (Å²) < 4.78 is 5.54. The molecule has 4 nitrogen and oxygen atoms in total. The molecule has 0 aliphatic rings. The average Bonchev–Trinajstić information content (AvgIpc) is 2.17. The van der Waals surface area contributed by atoms with Crippen LogP contribution in [0.4, 0.5) is 0 Å². The van der Waals surface area contributed by atoms with E-state index in [9.17, 15) is 4.79 Å². The topological polar surface area (TPSA) is 41.6 Å². The Labute approximate surface area is 99.3 Å². The van der Waals surface area contributed by atoms with Gasteiger partial charge in [-0.15, -0.1) is 0 Å². The molecule has 0 aliphatic heterocycles. The molecule has 4 heteroatoms. The zero-order valence-corrected chi connectivity index (χ0v) is 11.3. The van der Waals surface area contributed by atoms with Gasteiger partial charge in [0, 0.05) is 19.6 Å². The second kappa shape index (κ2) is 7.63. The minimum absolute atomic E-state index is 0.107. The van der Waals surface area contributed by atoms with Crippen LogP contribution in [0.15, 0.2) is 0 Å². The highest BCUT2D eigenvalue weighted by atomic mass is 16.5. The molecule has 0 heterocycles. The summed E-state index contributed by atoms with van der Waals surface area (Å²) in [5, 5.41) is 3.09. The lowest BCUT2D eigenvalue weighted by atomic mass is 10.2. The van der Waals surface area contributed by atoms with E-state index in [1.807, 2.05) is 39.5 Å². The van der Waals surface area contributed by atoms with Gasteiger partial charge in [-0.1, -0.05) is 0 Å². The summed E-state index contributed by atoms with van der Waals surface area (Å²) >= 11 is 0. The lowest BCUT2D eigenvalue weighted by Crippen LogP contribution is -2.39. The van der Waals surface area contributed by atoms with Gasteiger partial charge in [0.15, 0.2) is 0 Å². The number of nitrogens with one attached hydrogen (secondary N) is 1. The monoisotopic (exact) mass is 230 g/mol. The molecule has 0 rings (SSSR count). The Morgan fingerprint density at radius 2 is 1.81 bits per heavy atom. The van der Waals surface area contributed by atoms with Gasteiger partial charge in [0.2, 0.25) is 5.91 Å². The first-order valence-electron chi connectivity index (χ1n) is 6.03. The van der Waals surface area contributed by atoms with Gasteiger partial charge < -0.3 is 15.0 Å². The van der Waals surface area contributed by atoms with Crippen LogP contribution < -0.4 is 5.32 Å². The van der Waals surface area contributed by atoms with E-state index < -0.39 is 0 Å². The van der Waals surface area contributed by atoms with E-state index in [0.29, 0.717) is 19.7 Å². The molecule has 1 amide bonds. The Balaban J connectivity index is 3.55. The molecule has 0 spiro atoms. The molecule has 0 aromatic rings. The molecule has 0 bridgehead atoms. The van der Waals surface area contributed by atoms with E-state index in [1.54, 1.807) is 0 Å². The minimum atomic E-state index is -0.107. The Bertz CT molecular complexity index is 196. The summed E-state index contributed by atoms with van der Waals surface area (Å²) in [6, 6.07) is 0. The number of likely N-dealkylation sites (N-methyl/N-ethyl adjacent to an activating group) is 1. The fraction of sp³-hybridized carbons (Fsp3) is 0.917. The third-order valence-corrected chi connectivity index (χ3v) is 2.21. The molecule has 1 N–H and O–H groups in total. The van der Waals surface area contributed by atoms with Crippen molar-refractivity contribution in [2.45, 2.75) is 40.2 Å². The van der Waals surface area contributed by atoms with Gasteiger partial charge in [-0.2, -0.15) is 0 Å². The number of hydrogen-bond donors (Lipinski definition) is 1. The molecule has 0 unspecified atom stereocenters. The Morgan fingerprint density at radius 1 is 1.25 bits per heavy atom. The van der Waals surface area contributed by atoms with Crippen LogP contribution in [0.25, 0.3) is 0 Å². The normalized spacial score (nSPS) is 11.6. The summed E-state index contributed by atoms with van der Waals surface area (Å²) in [6.45, 7) is 13.3. The summed E-state index contributed by atoms with van der Waals surface area (Å²) in [5.41, 5.74) is -0.107. The van der Waals surface area contributed by atoms with Gasteiger partial charge >= 0.3 is 0 Å². The van der Waals surface area contributed by atoms with Crippen molar-refractivity contribution in [1.29, 1.82) is 0 Å². The Hall–Kier alpha value is -0.610. The molecule has 0 aliphatic carbocycles. The first-order valence-corrected chi connectivity index (χ1v) is 6.03. The molecule has 16 heavy (non-hydrogen) atoms. The summed E-state index contributed by atoms with van der Waals surface area (Å²) in [5.74, 6) is 0.153.